The van der Waals surface area contributed by atoms with Gasteiger partial charge in [-0.3, -0.25) is 5.43 Å². The number of aromatic nitrogens is 1. The molecule has 0 saturated carbocycles. The first kappa shape index (κ1) is 22.4. The third-order valence-electron chi connectivity index (χ3n) is 4.83. The van der Waals surface area contributed by atoms with Crippen LogP contribution in [0, 0.1) is 6.92 Å². The SMILES string of the molecule is COc1cc(C=NNc2nc3ccccc3s2)cc(OC)c1OCCOc1ccccc1C. The van der Waals surface area contributed by atoms with Crippen molar-refractivity contribution in [2.24, 2.45) is 5.10 Å². The molecule has 0 aliphatic carbocycles. The van der Waals surface area contributed by atoms with Crippen molar-refractivity contribution in [1.29, 1.82) is 0 Å². The van der Waals surface area contributed by atoms with Gasteiger partial charge in [-0.1, -0.05) is 41.7 Å². The second-order valence-corrected chi connectivity index (χ2v) is 8.10. The van der Waals surface area contributed by atoms with Gasteiger partial charge in [-0.25, -0.2) is 4.98 Å². The zero-order chi connectivity index (χ0) is 23.0. The lowest BCUT2D eigenvalue weighted by atomic mass is 10.2. The first-order chi connectivity index (χ1) is 16.2. The van der Waals surface area contributed by atoms with Crippen LogP contribution < -0.4 is 24.4 Å². The van der Waals surface area contributed by atoms with Crippen molar-refractivity contribution >= 4 is 32.9 Å². The Hall–Kier alpha value is -3.78. The van der Waals surface area contributed by atoms with Gasteiger partial charge in [0.25, 0.3) is 0 Å². The van der Waals surface area contributed by atoms with E-state index in [4.69, 9.17) is 18.9 Å². The highest BCUT2D eigenvalue weighted by atomic mass is 32.1. The van der Waals surface area contributed by atoms with Crippen LogP contribution in [0.1, 0.15) is 11.1 Å². The standard InChI is InChI=1S/C25H25N3O4S/c1-17-8-4-6-10-20(17)31-12-13-32-24-21(29-2)14-18(15-22(24)30-3)16-26-28-25-27-19-9-5-7-11-23(19)33-25/h4-11,14-16H,12-13H2,1-3H3,(H,27,28). The molecule has 0 amide bonds. The van der Waals surface area contributed by atoms with Gasteiger partial charge in [0.1, 0.15) is 19.0 Å². The minimum Gasteiger partial charge on any atom is -0.493 e. The molecule has 1 N–H and O–H groups in total. The van der Waals surface area contributed by atoms with Crippen LogP contribution in [0.5, 0.6) is 23.0 Å². The minimum absolute atomic E-state index is 0.341. The van der Waals surface area contributed by atoms with E-state index in [0.717, 1.165) is 32.2 Å². The van der Waals surface area contributed by atoms with Crippen LogP contribution in [0.3, 0.4) is 0 Å². The Balaban J connectivity index is 1.41. The highest BCUT2D eigenvalue weighted by Crippen LogP contribution is 2.38. The van der Waals surface area contributed by atoms with E-state index in [9.17, 15) is 0 Å². The molecular formula is C25H25N3O4S. The van der Waals surface area contributed by atoms with Crippen LogP contribution in [0.25, 0.3) is 10.2 Å². The summed E-state index contributed by atoms with van der Waals surface area (Å²) in [7, 11) is 3.18. The molecule has 0 fully saturated rings. The quantitative estimate of drug-likeness (QED) is 0.189. The summed E-state index contributed by atoms with van der Waals surface area (Å²) in [5, 5.41) is 5.03. The maximum Gasteiger partial charge on any atom is 0.204 e. The molecule has 0 aliphatic rings. The average molecular weight is 464 g/mol. The third kappa shape index (κ3) is 5.53. The van der Waals surface area contributed by atoms with Crippen LogP contribution >= 0.6 is 11.3 Å². The van der Waals surface area contributed by atoms with Gasteiger partial charge >= 0.3 is 0 Å². The molecule has 4 aromatic rings. The molecule has 170 valence electrons. The van der Waals surface area contributed by atoms with Gasteiger partial charge in [-0.05, 0) is 42.8 Å². The molecule has 8 heteroatoms. The number of hydrazone groups is 1. The fraction of sp³-hybridized carbons (Fsp3) is 0.200. The Morgan fingerprint density at radius 1 is 0.909 bits per heavy atom. The van der Waals surface area contributed by atoms with Crippen molar-refractivity contribution in [3.8, 4) is 23.0 Å². The summed E-state index contributed by atoms with van der Waals surface area (Å²) in [5.74, 6) is 2.45. The van der Waals surface area contributed by atoms with E-state index in [1.165, 1.54) is 0 Å². The van der Waals surface area contributed by atoms with Crippen LogP contribution in [-0.4, -0.2) is 38.6 Å². The molecule has 0 atom stereocenters. The lowest BCUT2D eigenvalue weighted by Crippen LogP contribution is -2.11. The fourth-order valence-electron chi connectivity index (χ4n) is 3.21. The number of para-hydroxylation sites is 2. The Morgan fingerprint density at radius 3 is 2.33 bits per heavy atom. The number of anilines is 1. The predicted molar refractivity (Wildman–Crippen MR) is 133 cm³/mol. The Labute approximate surface area is 196 Å². The number of thiazole rings is 1. The predicted octanol–water partition coefficient (Wildman–Crippen LogP) is 5.53. The molecule has 1 aromatic heterocycles. The number of benzene rings is 3. The van der Waals surface area contributed by atoms with Crippen molar-refractivity contribution < 1.29 is 18.9 Å². The number of nitrogens with zero attached hydrogens (tertiary/aromatic N) is 2. The fourth-order valence-corrected chi connectivity index (χ4v) is 4.03. The summed E-state index contributed by atoms with van der Waals surface area (Å²) in [4.78, 5) is 4.51. The second-order valence-electron chi connectivity index (χ2n) is 7.07. The highest BCUT2D eigenvalue weighted by molar-refractivity contribution is 7.22. The molecular weight excluding hydrogens is 438 g/mol. The summed E-state index contributed by atoms with van der Waals surface area (Å²) in [6, 6.07) is 19.5. The summed E-state index contributed by atoms with van der Waals surface area (Å²) in [6.07, 6.45) is 1.68. The van der Waals surface area contributed by atoms with Gasteiger partial charge in [0.15, 0.2) is 11.5 Å². The zero-order valence-electron chi connectivity index (χ0n) is 18.7. The maximum absolute atomic E-state index is 5.93. The molecule has 0 bridgehead atoms. The number of ether oxygens (including phenoxy) is 4. The minimum atomic E-state index is 0.341. The van der Waals surface area contributed by atoms with Gasteiger partial charge in [0.2, 0.25) is 10.9 Å². The van der Waals surface area contributed by atoms with Crippen molar-refractivity contribution in [2.75, 3.05) is 32.9 Å². The van der Waals surface area contributed by atoms with E-state index in [0.29, 0.717) is 30.5 Å². The van der Waals surface area contributed by atoms with Gasteiger partial charge in [-0.15, -0.1) is 0 Å². The Bertz CT molecular complexity index is 1200. The molecule has 1 heterocycles. The maximum atomic E-state index is 5.93. The van der Waals surface area contributed by atoms with Gasteiger partial charge in [0, 0.05) is 5.56 Å². The lowest BCUT2D eigenvalue weighted by molar-refractivity contribution is 0.204. The van der Waals surface area contributed by atoms with Crippen LogP contribution in [-0.2, 0) is 0 Å². The molecule has 3 aromatic carbocycles. The summed E-state index contributed by atoms with van der Waals surface area (Å²) in [5.41, 5.74) is 5.79. The normalized spacial score (nSPS) is 11.0. The summed E-state index contributed by atoms with van der Waals surface area (Å²) < 4.78 is 23.9. The van der Waals surface area contributed by atoms with E-state index in [-0.39, 0.29) is 0 Å². The van der Waals surface area contributed by atoms with Gasteiger partial charge in [-0.2, -0.15) is 5.10 Å². The zero-order valence-corrected chi connectivity index (χ0v) is 19.5. The second kappa shape index (κ2) is 10.7. The summed E-state index contributed by atoms with van der Waals surface area (Å²) >= 11 is 1.54. The van der Waals surface area contributed by atoms with E-state index in [1.807, 2.05) is 67.6 Å². The first-order valence-electron chi connectivity index (χ1n) is 10.4. The van der Waals surface area contributed by atoms with Crippen LogP contribution in [0.15, 0.2) is 65.8 Å². The smallest absolute Gasteiger partial charge is 0.204 e. The van der Waals surface area contributed by atoms with Crippen molar-refractivity contribution in [1.82, 2.24) is 4.98 Å². The highest BCUT2D eigenvalue weighted by Gasteiger charge is 2.14. The molecule has 0 aliphatic heterocycles. The third-order valence-corrected chi connectivity index (χ3v) is 5.77. The van der Waals surface area contributed by atoms with Gasteiger partial charge < -0.3 is 18.9 Å². The number of aryl methyl sites for hydroxylation is 1. The molecule has 0 saturated heterocycles. The Morgan fingerprint density at radius 2 is 1.61 bits per heavy atom. The lowest BCUT2D eigenvalue weighted by Gasteiger charge is -2.16. The van der Waals surface area contributed by atoms with Crippen molar-refractivity contribution in [3.63, 3.8) is 0 Å². The van der Waals surface area contributed by atoms with E-state index in [2.05, 4.69) is 15.5 Å². The number of hydrogen-bond acceptors (Lipinski definition) is 8. The number of methoxy groups -OCH3 is 2. The Kier molecular flexibility index (Phi) is 7.26. The van der Waals surface area contributed by atoms with Crippen molar-refractivity contribution in [3.05, 3.63) is 71.8 Å². The monoisotopic (exact) mass is 463 g/mol. The molecule has 33 heavy (non-hydrogen) atoms. The van der Waals surface area contributed by atoms with E-state index >= 15 is 0 Å². The topological polar surface area (TPSA) is 74.2 Å². The van der Waals surface area contributed by atoms with E-state index < -0.39 is 0 Å². The number of nitrogens with one attached hydrogen (secondary N) is 1. The molecule has 0 spiro atoms. The number of hydrogen-bond donors (Lipinski definition) is 1. The van der Waals surface area contributed by atoms with Gasteiger partial charge in [0.05, 0.1) is 30.7 Å². The first-order valence-corrected chi connectivity index (χ1v) is 11.2. The van der Waals surface area contributed by atoms with Crippen molar-refractivity contribution in [2.45, 2.75) is 6.92 Å². The summed E-state index contributed by atoms with van der Waals surface area (Å²) in [6.45, 7) is 2.74. The number of fused-ring (bicyclic) bond motifs is 1. The van der Waals surface area contributed by atoms with Crippen LogP contribution in [0.4, 0.5) is 5.13 Å². The number of rotatable bonds is 10. The largest absolute Gasteiger partial charge is 0.493 e. The molecule has 4 rings (SSSR count). The molecule has 0 unspecified atom stereocenters. The average Bonchev–Trinajstić information content (AvgIpc) is 3.25. The molecule has 7 nitrogen and oxygen atoms in total. The molecule has 0 radical (unpaired) electrons. The van der Waals surface area contributed by atoms with Crippen LogP contribution in [0.2, 0.25) is 0 Å². The van der Waals surface area contributed by atoms with E-state index in [1.54, 1.807) is 31.8 Å².